The van der Waals surface area contributed by atoms with Gasteiger partial charge in [-0.2, -0.15) is 0 Å². The molecule has 3 N–H and O–H groups in total. The molecule has 1 aliphatic carbocycles. The molecule has 11 heteroatoms. The first-order valence-corrected chi connectivity index (χ1v) is 13.5. The van der Waals surface area contributed by atoms with E-state index in [0.29, 0.717) is 48.7 Å². The Morgan fingerprint density at radius 3 is 2.47 bits per heavy atom. The van der Waals surface area contributed by atoms with Crippen molar-refractivity contribution in [3.05, 3.63) is 47.5 Å². The van der Waals surface area contributed by atoms with Gasteiger partial charge >= 0.3 is 0 Å². The summed E-state index contributed by atoms with van der Waals surface area (Å²) < 4.78 is 55.9. The van der Waals surface area contributed by atoms with Gasteiger partial charge in [-0.25, -0.2) is 17.2 Å². The molecule has 192 valence electrons. The number of nitrogens with one attached hydrogen (secondary N) is 3. The zero-order chi connectivity index (χ0) is 25.7. The summed E-state index contributed by atoms with van der Waals surface area (Å²) in [5, 5.41) is 5.82. The Hall–Kier alpha value is -3.05. The number of hydrogen-bond acceptors (Lipinski definition) is 5. The fraction of sp³-hybridized carbons (Fsp3) is 0.440. The lowest BCUT2D eigenvalue weighted by molar-refractivity contribution is -0.121. The first kappa shape index (κ1) is 24.6. The van der Waals surface area contributed by atoms with Crippen molar-refractivity contribution in [1.29, 1.82) is 0 Å². The molecule has 2 aromatic carbocycles. The topological polar surface area (TPSA) is 108 Å². The lowest BCUT2D eigenvalue weighted by atomic mass is 9.80. The van der Waals surface area contributed by atoms with E-state index in [9.17, 15) is 26.8 Å². The van der Waals surface area contributed by atoms with Crippen LogP contribution < -0.4 is 15.4 Å². The third-order valence-electron chi connectivity index (χ3n) is 7.57. The van der Waals surface area contributed by atoms with Crippen LogP contribution in [0.4, 0.5) is 25.8 Å². The highest BCUT2D eigenvalue weighted by Crippen LogP contribution is 2.52. The van der Waals surface area contributed by atoms with E-state index in [-0.39, 0.29) is 23.4 Å². The van der Waals surface area contributed by atoms with Gasteiger partial charge < -0.3 is 15.5 Å². The van der Waals surface area contributed by atoms with Crippen molar-refractivity contribution in [3.8, 4) is 0 Å². The second-order valence-corrected chi connectivity index (χ2v) is 11.6. The van der Waals surface area contributed by atoms with Crippen LogP contribution >= 0.6 is 0 Å². The minimum Gasteiger partial charge on any atom is -0.324 e. The van der Waals surface area contributed by atoms with Crippen molar-refractivity contribution in [3.63, 3.8) is 0 Å². The standard InChI is InChI=1S/C25H28F2N4O4S/c1-31-10-6-15(7-11-31)23(32)28-20-14-17(30-36(34,35)21-5-4-16(26)12-19(21)27)13-18-22(20)29-24(33)25(18)8-2-3-9-25/h4-5,12-15,30H,2-3,6-11H2,1H3,(H,28,32)(H,29,33). The van der Waals surface area contributed by atoms with Gasteiger partial charge in [-0.15, -0.1) is 0 Å². The SMILES string of the molecule is CN1CCC(C(=O)Nc2cc(NS(=O)(=O)c3ccc(F)cc3F)cc3c2NC(=O)C32CCCC2)CC1. The monoisotopic (exact) mass is 518 g/mol. The molecule has 8 nitrogen and oxygen atoms in total. The molecule has 36 heavy (non-hydrogen) atoms. The zero-order valence-electron chi connectivity index (χ0n) is 19.9. The van der Waals surface area contributed by atoms with Crippen LogP contribution in [0.1, 0.15) is 44.1 Å². The normalized spacial score (nSPS) is 19.8. The Morgan fingerprint density at radius 2 is 1.81 bits per heavy atom. The number of carbonyl (C=O) groups is 2. The minimum atomic E-state index is -4.41. The van der Waals surface area contributed by atoms with Crippen LogP contribution in [0.3, 0.4) is 0 Å². The van der Waals surface area contributed by atoms with Crippen LogP contribution in [0.15, 0.2) is 35.2 Å². The molecule has 0 aromatic heterocycles. The lowest BCUT2D eigenvalue weighted by Crippen LogP contribution is -2.36. The predicted octanol–water partition coefficient (Wildman–Crippen LogP) is 3.81. The van der Waals surface area contributed by atoms with Gasteiger partial charge in [0, 0.05) is 12.0 Å². The third-order valence-corrected chi connectivity index (χ3v) is 8.98. The number of anilines is 3. The van der Waals surface area contributed by atoms with Gasteiger partial charge in [-0.3, -0.25) is 14.3 Å². The minimum absolute atomic E-state index is 0.0823. The molecule has 2 amide bonds. The molecule has 2 fully saturated rings. The summed E-state index contributed by atoms with van der Waals surface area (Å²) in [6, 6.07) is 5.22. The van der Waals surface area contributed by atoms with Crippen LogP contribution in [0.2, 0.25) is 0 Å². The first-order chi connectivity index (χ1) is 17.1. The van der Waals surface area contributed by atoms with Gasteiger partial charge in [-0.1, -0.05) is 12.8 Å². The Morgan fingerprint density at radius 1 is 1.11 bits per heavy atom. The van der Waals surface area contributed by atoms with E-state index >= 15 is 0 Å². The molecular formula is C25H28F2N4O4S. The van der Waals surface area contributed by atoms with Crippen LogP contribution in [-0.4, -0.2) is 45.3 Å². The summed E-state index contributed by atoms with van der Waals surface area (Å²) in [7, 11) is -2.42. The van der Waals surface area contributed by atoms with Gasteiger partial charge in [0.1, 0.15) is 16.5 Å². The Kier molecular flexibility index (Phi) is 6.24. The number of piperidine rings is 1. The molecule has 0 radical (unpaired) electrons. The highest BCUT2D eigenvalue weighted by atomic mass is 32.2. The average molecular weight is 519 g/mol. The lowest BCUT2D eigenvalue weighted by Gasteiger charge is -2.28. The summed E-state index contributed by atoms with van der Waals surface area (Å²) in [6.45, 7) is 1.58. The number of sulfonamides is 1. The number of fused-ring (bicyclic) bond motifs is 2. The molecule has 0 bridgehead atoms. The molecule has 2 aromatic rings. The van der Waals surface area contributed by atoms with E-state index in [2.05, 4.69) is 20.3 Å². The van der Waals surface area contributed by atoms with Gasteiger partial charge in [0.25, 0.3) is 10.0 Å². The first-order valence-electron chi connectivity index (χ1n) is 12.1. The Bertz CT molecular complexity index is 1330. The van der Waals surface area contributed by atoms with Gasteiger partial charge in [-0.05, 0) is 75.6 Å². The summed E-state index contributed by atoms with van der Waals surface area (Å²) in [5.74, 6) is -2.69. The summed E-state index contributed by atoms with van der Waals surface area (Å²) >= 11 is 0. The van der Waals surface area contributed by atoms with E-state index in [1.54, 1.807) is 6.07 Å². The number of carbonyl (C=O) groups excluding carboxylic acids is 2. The fourth-order valence-corrected chi connectivity index (χ4v) is 6.65. The number of hydrogen-bond donors (Lipinski definition) is 3. The highest BCUT2D eigenvalue weighted by molar-refractivity contribution is 7.92. The summed E-state index contributed by atoms with van der Waals surface area (Å²) in [6.07, 6.45) is 4.30. The summed E-state index contributed by atoms with van der Waals surface area (Å²) in [4.78, 5) is 27.6. The number of benzene rings is 2. The van der Waals surface area contributed by atoms with E-state index < -0.39 is 32.0 Å². The number of amides is 2. The van der Waals surface area contributed by atoms with Crippen molar-refractivity contribution >= 4 is 38.9 Å². The quantitative estimate of drug-likeness (QED) is 0.558. The average Bonchev–Trinajstić information content (AvgIpc) is 3.41. The number of nitrogens with zero attached hydrogens (tertiary/aromatic N) is 1. The largest absolute Gasteiger partial charge is 0.324 e. The number of rotatable bonds is 5. The van der Waals surface area contributed by atoms with Crippen molar-refractivity contribution in [2.75, 3.05) is 35.5 Å². The van der Waals surface area contributed by atoms with Crippen molar-refractivity contribution in [2.45, 2.75) is 48.8 Å². The van der Waals surface area contributed by atoms with Crippen LogP contribution in [0.25, 0.3) is 0 Å². The molecule has 0 unspecified atom stereocenters. The molecule has 1 spiro atoms. The molecule has 2 heterocycles. The molecule has 2 aliphatic heterocycles. The smallest absolute Gasteiger partial charge is 0.264 e. The number of halogens is 2. The van der Waals surface area contributed by atoms with Gasteiger partial charge in [0.15, 0.2) is 0 Å². The molecule has 5 rings (SSSR count). The maximum Gasteiger partial charge on any atom is 0.264 e. The zero-order valence-corrected chi connectivity index (χ0v) is 20.7. The van der Waals surface area contributed by atoms with Crippen LogP contribution in [0.5, 0.6) is 0 Å². The van der Waals surface area contributed by atoms with Crippen molar-refractivity contribution in [2.24, 2.45) is 5.92 Å². The predicted molar refractivity (Wildman–Crippen MR) is 131 cm³/mol. The van der Waals surface area contributed by atoms with E-state index in [0.717, 1.165) is 38.1 Å². The van der Waals surface area contributed by atoms with Crippen LogP contribution in [0, 0.1) is 17.6 Å². The second kappa shape index (κ2) is 9.11. The molecule has 3 aliphatic rings. The number of likely N-dealkylation sites (tertiary alicyclic amines) is 1. The molecular weight excluding hydrogens is 490 g/mol. The Labute approximate surface area is 208 Å². The maximum absolute atomic E-state index is 14.3. The highest BCUT2D eigenvalue weighted by Gasteiger charge is 2.49. The van der Waals surface area contributed by atoms with E-state index in [1.165, 1.54) is 6.07 Å². The van der Waals surface area contributed by atoms with Crippen molar-refractivity contribution < 1.29 is 26.8 Å². The van der Waals surface area contributed by atoms with E-state index in [4.69, 9.17) is 0 Å². The maximum atomic E-state index is 14.3. The molecule has 1 saturated heterocycles. The van der Waals surface area contributed by atoms with Crippen LogP contribution in [-0.2, 0) is 25.0 Å². The van der Waals surface area contributed by atoms with Gasteiger partial charge in [0.05, 0.1) is 22.5 Å². The van der Waals surface area contributed by atoms with Crippen molar-refractivity contribution in [1.82, 2.24) is 4.90 Å². The molecule has 0 atom stereocenters. The fourth-order valence-electron chi connectivity index (χ4n) is 5.55. The second-order valence-electron chi connectivity index (χ2n) is 9.94. The Balaban J connectivity index is 1.52. The summed E-state index contributed by atoms with van der Waals surface area (Å²) in [5.41, 5.74) is 0.664. The third kappa shape index (κ3) is 4.34. The van der Waals surface area contributed by atoms with E-state index in [1.807, 2.05) is 7.05 Å². The van der Waals surface area contributed by atoms with Gasteiger partial charge in [0.2, 0.25) is 11.8 Å². The molecule has 1 saturated carbocycles.